The number of anilines is 2. The maximum absolute atomic E-state index is 11.9. The van der Waals surface area contributed by atoms with Gasteiger partial charge in [0.1, 0.15) is 0 Å². The molecule has 0 saturated heterocycles. The summed E-state index contributed by atoms with van der Waals surface area (Å²) in [7, 11) is 2.95. The highest BCUT2D eigenvalue weighted by Crippen LogP contribution is 2.17. The first-order chi connectivity index (χ1) is 10.6. The summed E-state index contributed by atoms with van der Waals surface area (Å²) in [5.74, 6) is 0.461. The number of rotatable bonds is 6. The highest BCUT2D eigenvalue weighted by molar-refractivity contribution is 9.10. The largest absolute Gasteiger partial charge is 0.481 e. The van der Waals surface area contributed by atoms with Crippen LogP contribution in [0, 0.1) is 0 Å². The van der Waals surface area contributed by atoms with Crippen LogP contribution in [0.4, 0.5) is 11.6 Å². The van der Waals surface area contributed by atoms with E-state index < -0.39 is 0 Å². The highest BCUT2D eigenvalue weighted by atomic mass is 79.9. The number of nitrogens with one attached hydrogen (secondary N) is 2. The number of methoxy groups -OCH3 is 2. The molecular formula is C14H15BrN4O3. The fraction of sp³-hybridized carbons (Fsp3) is 0.214. The molecular weight excluding hydrogens is 352 g/mol. The van der Waals surface area contributed by atoms with Crippen LogP contribution in [-0.2, 0) is 4.79 Å². The van der Waals surface area contributed by atoms with Gasteiger partial charge in [-0.05, 0) is 24.3 Å². The number of amides is 1. The van der Waals surface area contributed by atoms with Gasteiger partial charge >= 0.3 is 0 Å². The number of ether oxygens (including phenoxy) is 2. The van der Waals surface area contributed by atoms with Gasteiger partial charge in [-0.2, -0.15) is 9.97 Å². The number of halogens is 1. The minimum Gasteiger partial charge on any atom is -0.481 e. The highest BCUT2D eigenvalue weighted by Gasteiger charge is 2.09. The van der Waals surface area contributed by atoms with Crippen LogP contribution >= 0.6 is 15.9 Å². The zero-order valence-electron chi connectivity index (χ0n) is 12.1. The van der Waals surface area contributed by atoms with E-state index in [2.05, 4.69) is 36.5 Å². The second kappa shape index (κ2) is 7.60. The summed E-state index contributed by atoms with van der Waals surface area (Å²) in [5, 5.41) is 5.58. The van der Waals surface area contributed by atoms with Crippen molar-refractivity contribution in [2.24, 2.45) is 0 Å². The Hall–Kier alpha value is -2.35. The smallest absolute Gasteiger partial charge is 0.246 e. The van der Waals surface area contributed by atoms with Crippen molar-refractivity contribution >= 4 is 33.5 Å². The summed E-state index contributed by atoms with van der Waals surface area (Å²) in [4.78, 5) is 20.0. The van der Waals surface area contributed by atoms with Gasteiger partial charge < -0.3 is 14.8 Å². The van der Waals surface area contributed by atoms with E-state index >= 15 is 0 Å². The summed E-state index contributed by atoms with van der Waals surface area (Å²) in [6.45, 7) is 0.0878. The minimum atomic E-state index is -0.279. The average molecular weight is 367 g/mol. The molecule has 0 radical (unpaired) electrons. The van der Waals surface area contributed by atoms with Crippen molar-refractivity contribution in [1.82, 2.24) is 9.97 Å². The first-order valence-corrected chi connectivity index (χ1v) is 7.16. The maximum atomic E-state index is 11.9. The monoisotopic (exact) mass is 366 g/mol. The van der Waals surface area contributed by atoms with Crippen molar-refractivity contribution in [1.29, 1.82) is 0 Å². The number of nitrogens with zero attached hydrogens (tertiary/aromatic N) is 2. The number of aromatic nitrogens is 2. The van der Waals surface area contributed by atoms with Crippen molar-refractivity contribution in [3.05, 3.63) is 34.8 Å². The average Bonchev–Trinajstić information content (AvgIpc) is 2.54. The number of carbonyl (C=O) groups is 1. The van der Waals surface area contributed by atoms with Crippen LogP contribution in [0.3, 0.4) is 0 Å². The third kappa shape index (κ3) is 4.59. The van der Waals surface area contributed by atoms with Gasteiger partial charge in [0.2, 0.25) is 23.6 Å². The first-order valence-electron chi connectivity index (χ1n) is 6.37. The van der Waals surface area contributed by atoms with Gasteiger partial charge in [-0.3, -0.25) is 10.1 Å². The summed E-state index contributed by atoms with van der Waals surface area (Å²) in [6.07, 6.45) is 0. The third-order valence-electron chi connectivity index (χ3n) is 2.65. The van der Waals surface area contributed by atoms with Crippen LogP contribution in [0.2, 0.25) is 0 Å². The molecule has 0 spiro atoms. The van der Waals surface area contributed by atoms with E-state index in [1.165, 1.54) is 20.3 Å². The van der Waals surface area contributed by atoms with Crippen LogP contribution in [-0.4, -0.2) is 36.6 Å². The molecule has 1 aromatic heterocycles. The lowest BCUT2D eigenvalue weighted by atomic mass is 10.3. The van der Waals surface area contributed by atoms with Gasteiger partial charge in [-0.25, -0.2) is 0 Å². The molecule has 1 heterocycles. The fourth-order valence-electron chi connectivity index (χ4n) is 1.59. The summed E-state index contributed by atoms with van der Waals surface area (Å²) in [6, 6.07) is 9.02. The van der Waals surface area contributed by atoms with Crippen LogP contribution in [0.1, 0.15) is 0 Å². The molecule has 0 aliphatic carbocycles. The van der Waals surface area contributed by atoms with E-state index in [1.807, 2.05) is 24.3 Å². The molecule has 2 rings (SSSR count). The molecule has 7 nitrogen and oxygen atoms in total. The van der Waals surface area contributed by atoms with Gasteiger partial charge in [0, 0.05) is 10.2 Å². The lowest BCUT2D eigenvalue weighted by Gasteiger charge is -2.09. The maximum Gasteiger partial charge on any atom is 0.246 e. The van der Waals surface area contributed by atoms with Crippen LogP contribution in [0.15, 0.2) is 34.8 Å². The molecule has 1 aromatic carbocycles. The lowest BCUT2D eigenvalue weighted by molar-refractivity contribution is -0.114. The molecule has 1 amide bonds. The lowest BCUT2D eigenvalue weighted by Crippen LogP contribution is -2.23. The molecule has 2 N–H and O–H groups in total. The minimum absolute atomic E-state index is 0.0878. The quantitative estimate of drug-likeness (QED) is 0.815. The standard InChI is InChI=1S/C14H15BrN4O3/c1-21-12-7-13(22-2)19-14(18-12)17-11(20)8-16-10-5-3-9(15)4-6-10/h3-7,16H,8H2,1-2H3,(H,17,18,19,20). The molecule has 0 bridgehead atoms. The Labute approximate surface area is 136 Å². The number of hydrogen-bond donors (Lipinski definition) is 2. The van der Waals surface area contributed by atoms with E-state index in [0.717, 1.165) is 10.2 Å². The van der Waals surface area contributed by atoms with E-state index in [1.54, 1.807) is 0 Å². The number of hydrogen-bond acceptors (Lipinski definition) is 6. The van der Waals surface area contributed by atoms with Gasteiger partial charge in [0.15, 0.2) is 0 Å². The van der Waals surface area contributed by atoms with E-state index in [4.69, 9.17) is 9.47 Å². The van der Waals surface area contributed by atoms with E-state index in [0.29, 0.717) is 11.8 Å². The molecule has 0 atom stereocenters. The Balaban J connectivity index is 1.95. The SMILES string of the molecule is COc1cc(OC)nc(NC(=O)CNc2ccc(Br)cc2)n1. The first kappa shape index (κ1) is 16.0. The Bertz CT molecular complexity index is 627. The topological polar surface area (TPSA) is 85.4 Å². The molecule has 0 aliphatic heterocycles. The molecule has 116 valence electrons. The van der Waals surface area contributed by atoms with Crippen molar-refractivity contribution in [3.63, 3.8) is 0 Å². The van der Waals surface area contributed by atoms with Gasteiger partial charge in [0.05, 0.1) is 26.8 Å². The summed E-state index contributed by atoms with van der Waals surface area (Å²) < 4.78 is 11.0. The van der Waals surface area contributed by atoms with E-state index in [9.17, 15) is 4.79 Å². The number of carbonyl (C=O) groups excluding carboxylic acids is 1. The van der Waals surface area contributed by atoms with Crippen molar-refractivity contribution in [3.8, 4) is 11.8 Å². The third-order valence-corrected chi connectivity index (χ3v) is 3.17. The predicted octanol–water partition coefficient (Wildman–Crippen LogP) is 2.31. The molecule has 2 aromatic rings. The summed E-state index contributed by atoms with van der Waals surface area (Å²) >= 11 is 3.35. The zero-order valence-corrected chi connectivity index (χ0v) is 13.7. The van der Waals surface area contributed by atoms with Crippen molar-refractivity contribution in [2.75, 3.05) is 31.4 Å². The Kier molecular flexibility index (Phi) is 5.54. The van der Waals surface area contributed by atoms with Crippen LogP contribution < -0.4 is 20.1 Å². The Morgan fingerprint density at radius 2 is 1.73 bits per heavy atom. The van der Waals surface area contributed by atoms with Gasteiger partial charge in [-0.1, -0.05) is 15.9 Å². The molecule has 0 unspecified atom stereocenters. The molecule has 0 fully saturated rings. The van der Waals surface area contributed by atoms with Crippen molar-refractivity contribution in [2.45, 2.75) is 0 Å². The summed E-state index contributed by atoms with van der Waals surface area (Å²) in [5.41, 5.74) is 0.836. The molecule has 0 aliphatic rings. The van der Waals surface area contributed by atoms with Gasteiger partial charge in [-0.15, -0.1) is 0 Å². The van der Waals surface area contributed by atoms with Gasteiger partial charge in [0.25, 0.3) is 0 Å². The predicted molar refractivity (Wildman–Crippen MR) is 86.4 cm³/mol. The van der Waals surface area contributed by atoms with E-state index in [-0.39, 0.29) is 18.4 Å². The molecule has 22 heavy (non-hydrogen) atoms. The number of benzene rings is 1. The normalized spacial score (nSPS) is 9.95. The fourth-order valence-corrected chi connectivity index (χ4v) is 1.85. The van der Waals surface area contributed by atoms with Crippen molar-refractivity contribution < 1.29 is 14.3 Å². The zero-order chi connectivity index (χ0) is 15.9. The Morgan fingerprint density at radius 3 is 2.27 bits per heavy atom. The van der Waals surface area contributed by atoms with Crippen LogP contribution in [0.25, 0.3) is 0 Å². The molecule has 0 saturated carbocycles. The second-order valence-electron chi connectivity index (χ2n) is 4.18. The molecule has 8 heteroatoms. The second-order valence-corrected chi connectivity index (χ2v) is 5.10. The Morgan fingerprint density at radius 1 is 1.14 bits per heavy atom. The van der Waals surface area contributed by atoms with Crippen LogP contribution in [0.5, 0.6) is 11.8 Å².